The highest BCUT2D eigenvalue weighted by Crippen LogP contribution is 2.45. The fourth-order valence-corrected chi connectivity index (χ4v) is 3.46. The van der Waals surface area contributed by atoms with Crippen molar-refractivity contribution in [3.05, 3.63) is 70.4 Å². The molecule has 0 atom stereocenters. The van der Waals surface area contributed by atoms with Gasteiger partial charge in [0.15, 0.2) is 0 Å². The topological polar surface area (TPSA) is 38.3 Å². The second kappa shape index (κ2) is 7.21. The molecule has 1 N–H and O–H groups in total. The van der Waals surface area contributed by atoms with Crippen LogP contribution >= 0.6 is 11.3 Å². The van der Waals surface area contributed by atoms with E-state index in [2.05, 4.69) is 5.32 Å². The number of para-hydroxylation sites is 1. The minimum Gasteiger partial charge on any atom is -0.496 e. The average Bonchev–Trinajstić information content (AvgIpc) is 3.06. The number of methoxy groups -OCH3 is 1. The number of nitrogens with one attached hydrogen (secondary N) is 1. The van der Waals surface area contributed by atoms with Gasteiger partial charge in [0, 0.05) is 10.9 Å². The average molecular weight is 377 g/mol. The van der Waals surface area contributed by atoms with Gasteiger partial charge >= 0.3 is 6.18 Å². The molecule has 3 nitrogen and oxygen atoms in total. The van der Waals surface area contributed by atoms with Crippen molar-refractivity contribution in [1.29, 1.82) is 0 Å². The molecule has 0 aliphatic carbocycles. The van der Waals surface area contributed by atoms with Gasteiger partial charge in [0.25, 0.3) is 5.91 Å². The van der Waals surface area contributed by atoms with E-state index in [9.17, 15) is 18.0 Å². The number of alkyl halides is 3. The van der Waals surface area contributed by atoms with E-state index in [1.165, 1.54) is 12.5 Å². The van der Waals surface area contributed by atoms with Crippen LogP contribution in [0, 0.1) is 0 Å². The summed E-state index contributed by atoms with van der Waals surface area (Å²) in [7, 11) is 1.42. The van der Waals surface area contributed by atoms with Crippen LogP contribution in [0.25, 0.3) is 11.1 Å². The van der Waals surface area contributed by atoms with E-state index in [0.29, 0.717) is 22.6 Å². The smallest absolute Gasteiger partial charge is 0.426 e. The normalized spacial score (nSPS) is 11.2. The Morgan fingerprint density at radius 1 is 1.04 bits per heavy atom. The van der Waals surface area contributed by atoms with Gasteiger partial charge in [-0.1, -0.05) is 42.5 Å². The molecule has 1 aromatic heterocycles. The summed E-state index contributed by atoms with van der Waals surface area (Å²) in [6.07, 6.45) is -4.51. The lowest BCUT2D eigenvalue weighted by Gasteiger charge is -2.12. The molecular formula is C19H14F3NO2S. The number of hydrogen-bond acceptors (Lipinski definition) is 3. The fraction of sp³-hybridized carbons (Fsp3) is 0.105. The minimum absolute atomic E-state index is 0.0358. The van der Waals surface area contributed by atoms with Gasteiger partial charge in [-0.2, -0.15) is 13.2 Å². The summed E-state index contributed by atoms with van der Waals surface area (Å²) in [5.41, 5.74) is 0.709. The predicted octanol–water partition coefficient (Wildman–Crippen LogP) is 5.69. The molecule has 7 heteroatoms. The molecule has 2 aromatic carbocycles. The first-order valence-electron chi connectivity index (χ1n) is 7.60. The number of carbonyl (C=O) groups excluding carboxylic acids is 1. The summed E-state index contributed by atoms with van der Waals surface area (Å²) in [6.45, 7) is 0. The van der Waals surface area contributed by atoms with Crippen molar-refractivity contribution in [3.63, 3.8) is 0 Å². The maximum absolute atomic E-state index is 13.4. The molecule has 0 bridgehead atoms. The summed E-state index contributed by atoms with van der Waals surface area (Å²) in [6, 6.07) is 14.7. The quantitative estimate of drug-likeness (QED) is 0.634. The van der Waals surface area contributed by atoms with Crippen LogP contribution in [-0.2, 0) is 6.18 Å². The van der Waals surface area contributed by atoms with Crippen molar-refractivity contribution in [2.45, 2.75) is 6.18 Å². The van der Waals surface area contributed by atoms with Crippen LogP contribution in [0.3, 0.4) is 0 Å². The van der Waals surface area contributed by atoms with Crippen LogP contribution in [0.15, 0.2) is 60.0 Å². The monoisotopic (exact) mass is 377 g/mol. The maximum Gasteiger partial charge on any atom is 0.426 e. The van der Waals surface area contributed by atoms with Crippen molar-refractivity contribution >= 4 is 22.9 Å². The molecule has 0 spiro atoms. The number of carbonyl (C=O) groups is 1. The zero-order chi connectivity index (χ0) is 18.7. The molecule has 0 saturated heterocycles. The number of thiophene rings is 1. The highest BCUT2D eigenvalue weighted by atomic mass is 32.1. The molecular weight excluding hydrogens is 363 g/mol. The Morgan fingerprint density at radius 3 is 2.35 bits per heavy atom. The zero-order valence-corrected chi connectivity index (χ0v) is 14.4. The largest absolute Gasteiger partial charge is 0.496 e. The predicted molar refractivity (Wildman–Crippen MR) is 95.7 cm³/mol. The second-order valence-electron chi connectivity index (χ2n) is 5.37. The van der Waals surface area contributed by atoms with Gasteiger partial charge in [0.05, 0.1) is 18.4 Å². The summed E-state index contributed by atoms with van der Waals surface area (Å²) in [4.78, 5) is 11.8. The highest BCUT2D eigenvalue weighted by Gasteiger charge is 2.37. The molecule has 1 heterocycles. The molecule has 26 heavy (non-hydrogen) atoms. The van der Waals surface area contributed by atoms with Gasteiger partial charge in [-0.15, -0.1) is 11.3 Å². The summed E-state index contributed by atoms with van der Waals surface area (Å²) in [5.74, 6) is -0.191. The van der Waals surface area contributed by atoms with Crippen molar-refractivity contribution in [3.8, 4) is 16.9 Å². The van der Waals surface area contributed by atoms with Crippen LogP contribution in [-0.4, -0.2) is 13.0 Å². The molecule has 0 saturated carbocycles. The highest BCUT2D eigenvalue weighted by molar-refractivity contribution is 7.11. The molecule has 1 amide bonds. The van der Waals surface area contributed by atoms with Crippen molar-refractivity contribution in [2.24, 2.45) is 0 Å². The first-order chi connectivity index (χ1) is 12.4. The Kier molecular flexibility index (Phi) is 4.99. The molecule has 134 valence electrons. The van der Waals surface area contributed by atoms with Crippen molar-refractivity contribution in [2.75, 3.05) is 12.4 Å². The molecule has 0 fully saturated rings. The van der Waals surface area contributed by atoms with Gasteiger partial charge in [0.1, 0.15) is 10.6 Å². The van der Waals surface area contributed by atoms with Crippen LogP contribution in [0.5, 0.6) is 5.75 Å². The lowest BCUT2D eigenvalue weighted by molar-refractivity contribution is -0.133. The van der Waals surface area contributed by atoms with Crippen molar-refractivity contribution < 1.29 is 22.7 Å². The van der Waals surface area contributed by atoms with E-state index in [1.807, 2.05) is 0 Å². The Labute approximate surface area is 152 Å². The van der Waals surface area contributed by atoms with Crippen LogP contribution < -0.4 is 10.1 Å². The van der Waals surface area contributed by atoms with Gasteiger partial charge in [0.2, 0.25) is 0 Å². The lowest BCUT2D eigenvalue weighted by Crippen LogP contribution is -2.14. The number of ether oxygens (including phenoxy) is 1. The zero-order valence-electron chi connectivity index (χ0n) is 13.6. The number of hydrogen-bond donors (Lipinski definition) is 1. The lowest BCUT2D eigenvalue weighted by atomic mass is 10.0. The van der Waals surface area contributed by atoms with E-state index in [0.717, 1.165) is 0 Å². The van der Waals surface area contributed by atoms with E-state index in [4.69, 9.17) is 4.74 Å². The van der Waals surface area contributed by atoms with Crippen LogP contribution in [0.1, 0.15) is 15.2 Å². The summed E-state index contributed by atoms with van der Waals surface area (Å²) >= 11 is 0.554. The van der Waals surface area contributed by atoms with Gasteiger partial charge in [-0.25, -0.2) is 0 Å². The Hall–Kier alpha value is -2.80. The molecule has 0 unspecified atom stereocenters. The molecule has 3 rings (SSSR count). The molecule has 0 radical (unpaired) electrons. The van der Waals surface area contributed by atoms with E-state index in [1.54, 1.807) is 54.6 Å². The SMILES string of the molecule is COc1ccccc1C(=O)Nc1csc(C(F)(F)F)c1-c1ccccc1. The number of halogens is 3. The molecule has 3 aromatic rings. The first kappa shape index (κ1) is 18.0. The van der Waals surface area contributed by atoms with Gasteiger partial charge in [-0.3, -0.25) is 4.79 Å². The second-order valence-corrected chi connectivity index (χ2v) is 6.25. The summed E-state index contributed by atoms with van der Waals surface area (Å²) < 4.78 is 45.4. The fourth-order valence-electron chi connectivity index (χ4n) is 2.57. The third-order valence-electron chi connectivity index (χ3n) is 3.71. The van der Waals surface area contributed by atoms with E-state index < -0.39 is 17.0 Å². The molecule has 0 aliphatic rings. The van der Waals surface area contributed by atoms with Crippen LogP contribution in [0.4, 0.5) is 18.9 Å². The van der Waals surface area contributed by atoms with Crippen molar-refractivity contribution in [1.82, 2.24) is 0 Å². The number of benzene rings is 2. The number of rotatable bonds is 4. The number of amides is 1. The van der Waals surface area contributed by atoms with Gasteiger partial charge in [-0.05, 0) is 17.7 Å². The summed E-state index contributed by atoms with van der Waals surface area (Å²) in [5, 5.41) is 3.89. The maximum atomic E-state index is 13.4. The Bertz CT molecular complexity index is 920. The van der Waals surface area contributed by atoms with Crippen LogP contribution in [0.2, 0.25) is 0 Å². The minimum atomic E-state index is -4.51. The van der Waals surface area contributed by atoms with E-state index in [-0.39, 0.29) is 16.8 Å². The Morgan fingerprint density at radius 2 is 1.69 bits per heavy atom. The van der Waals surface area contributed by atoms with E-state index >= 15 is 0 Å². The van der Waals surface area contributed by atoms with Gasteiger partial charge < -0.3 is 10.1 Å². The standard InChI is InChI=1S/C19H14F3NO2S/c1-25-15-10-6-5-9-13(15)18(24)23-14-11-26-17(19(20,21)22)16(14)12-7-3-2-4-8-12/h2-11H,1H3,(H,23,24). The molecule has 0 aliphatic heterocycles. The third kappa shape index (κ3) is 3.57. The third-order valence-corrected chi connectivity index (χ3v) is 4.74. The first-order valence-corrected chi connectivity index (χ1v) is 8.48. The Balaban J connectivity index is 2.03. The number of anilines is 1.